The molecule has 2 rings (SSSR count). The Morgan fingerprint density at radius 2 is 1.87 bits per heavy atom. The lowest BCUT2D eigenvalue weighted by Gasteiger charge is -2.12. The molecule has 0 unspecified atom stereocenters. The van der Waals surface area contributed by atoms with E-state index in [0.29, 0.717) is 15.6 Å². The van der Waals surface area contributed by atoms with Gasteiger partial charge in [0.05, 0.1) is 10.7 Å². The normalized spacial score (nSPS) is 10.8. The first-order valence-corrected chi connectivity index (χ1v) is 8.26. The van der Waals surface area contributed by atoms with Crippen LogP contribution in [0.3, 0.4) is 0 Å². The number of nitrogens with zero attached hydrogens (tertiary/aromatic N) is 2. The Bertz CT molecular complexity index is 744. The number of hydrogen-bond acceptors (Lipinski definition) is 4. The van der Waals surface area contributed by atoms with E-state index in [9.17, 15) is 9.90 Å². The number of hydrazone groups is 1. The number of carbonyl (C=O) groups is 1. The number of anilines is 1. The number of hydrogen-bond donors (Lipinski definition) is 2. The van der Waals surface area contributed by atoms with Crippen molar-refractivity contribution in [2.75, 3.05) is 19.0 Å². The molecule has 7 heteroatoms. The Morgan fingerprint density at radius 1 is 1.22 bits per heavy atom. The molecule has 0 saturated heterocycles. The lowest BCUT2D eigenvalue weighted by molar-refractivity contribution is 0.0955. The molecular weight excluding hydrogens is 426 g/mol. The maximum Gasteiger partial charge on any atom is 0.271 e. The first-order valence-electron chi connectivity index (χ1n) is 6.67. The van der Waals surface area contributed by atoms with E-state index in [4.69, 9.17) is 0 Å². The van der Waals surface area contributed by atoms with Crippen LogP contribution in [-0.4, -0.2) is 31.3 Å². The third-order valence-corrected chi connectivity index (χ3v) is 4.14. The van der Waals surface area contributed by atoms with Crippen LogP contribution in [0, 0.1) is 0 Å². The molecule has 0 aliphatic rings. The smallest absolute Gasteiger partial charge is 0.271 e. The summed E-state index contributed by atoms with van der Waals surface area (Å²) in [6, 6.07) is 10.6. The lowest BCUT2D eigenvalue weighted by Crippen LogP contribution is -2.18. The number of benzene rings is 2. The summed E-state index contributed by atoms with van der Waals surface area (Å²) in [6.07, 6.45) is 1.39. The molecule has 2 aromatic rings. The molecule has 0 aliphatic heterocycles. The van der Waals surface area contributed by atoms with Crippen LogP contribution in [0.25, 0.3) is 0 Å². The van der Waals surface area contributed by atoms with Gasteiger partial charge < -0.3 is 10.0 Å². The number of nitrogens with one attached hydrogen (secondary N) is 1. The first-order chi connectivity index (χ1) is 10.9. The van der Waals surface area contributed by atoms with Gasteiger partial charge in [-0.3, -0.25) is 4.79 Å². The highest BCUT2D eigenvalue weighted by Crippen LogP contribution is 2.30. The molecule has 2 N–H and O–H groups in total. The van der Waals surface area contributed by atoms with Crippen molar-refractivity contribution in [3.05, 3.63) is 56.5 Å². The van der Waals surface area contributed by atoms with Crippen molar-refractivity contribution in [3.8, 4) is 5.75 Å². The number of phenolic OH excluding ortho intramolecular Hbond substituents is 1. The molecular formula is C16H15Br2N3O2. The van der Waals surface area contributed by atoms with E-state index in [1.807, 2.05) is 31.1 Å². The van der Waals surface area contributed by atoms with Gasteiger partial charge in [-0.15, -0.1) is 0 Å². The molecule has 120 valence electrons. The zero-order chi connectivity index (χ0) is 17.0. The van der Waals surface area contributed by atoms with E-state index in [0.717, 1.165) is 10.2 Å². The van der Waals surface area contributed by atoms with Gasteiger partial charge in [-0.25, -0.2) is 5.43 Å². The SMILES string of the molecule is CN(C)c1ccc(C(=O)N/N=C\c2cc(Br)cc(Br)c2O)cc1. The average molecular weight is 441 g/mol. The van der Waals surface area contributed by atoms with Crippen LogP contribution in [0.4, 0.5) is 5.69 Å². The van der Waals surface area contributed by atoms with Gasteiger partial charge in [0.1, 0.15) is 5.75 Å². The van der Waals surface area contributed by atoms with E-state index in [1.54, 1.807) is 24.3 Å². The fourth-order valence-corrected chi connectivity index (χ4v) is 3.08. The highest BCUT2D eigenvalue weighted by Gasteiger charge is 2.07. The largest absolute Gasteiger partial charge is 0.506 e. The third kappa shape index (κ3) is 4.56. The molecule has 23 heavy (non-hydrogen) atoms. The van der Waals surface area contributed by atoms with E-state index >= 15 is 0 Å². The second-order valence-corrected chi connectivity index (χ2v) is 6.74. The molecule has 0 saturated carbocycles. The number of rotatable bonds is 4. The molecule has 0 spiro atoms. The molecule has 5 nitrogen and oxygen atoms in total. The van der Waals surface area contributed by atoms with E-state index in [1.165, 1.54) is 6.21 Å². The van der Waals surface area contributed by atoms with Crippen molar-refractivity contribution < 1.29 is 9.90 Å². The summed E-state index contributed by atoms with van der Waals surface area (Å²) in [6.45, 7) is 0. The fraction of sp³-hybridized carbons (Fsp3) is 0.125. The summed E-state index contributed by atoms with van der Waals surface area (Å²) in [4.78, 5) is 14.0. The zero-order valence-electron chi connectivity index (χ0n) is 12.5. The van der Waals surface area contributed by atoms with Crippen LogP contribution < -0.4 is 10.3 Å². The van der Waals surface area contributed by atoms with E-state index in [2.05, 4.69) is 42.4 Å². The molecule has 2 aromatic carbocycles. The quantitative estimate of drug-likeness (QED) is 0.562. The molecule has 0 fully saturated rings. The minimum Gasteiger partial charge on any atom is -0.506 e. The van der Waals surface area contributed by atoms with Gasteiger partial charge in [0.15, 0.2) is 0 Å². The first kappa shape index (κ1) is 17.5. The summed E-state index contributed by atoms with van der Waals surface area (Å²) in [5.41, 5.74) is 4.43. The summed E-state index contributed by atoms with van der Waals surface area (Å²) >= 11 is 6.57. The van der Waals surface area contributed by atoms with E-state index in [-0.39, 0.29) is 11.7 Å². The monoisotopic (exact) mass is 439 g/mol. The van der Waals surface area contributed by atoms with Crippen LogP contribution in [-0.2, 0) is 0 Å². The number of carbonyl (C=O) groups excluding carboxylic acids is 1. The second kappa shape index (κ2) is 7.61. The van der Waals surface area contributed by atoms with Gasteiger partial charge in [-0.05, 0) is 52.3 Å². The number of phenols is 1. The van der Waals surface area contributed by atoms with Gasteiger partial charge in [0.2, 0.25) is 0 Å². The Hall–Kier alpha value is -1.86. The van der Waals surface area contributed by atoms with Crippen LogP contribution >= 0.6 is 31.9 Å². The summed E-state index contributed by atoms with van der Waals surface area (Å²) < 4.78 is 1.33. The molecule has 0 atom stereocenters. The average Bonchev–Trinajstić information content (AvgIpc) is 2.51. The Balaban J connectivity index is 2.07. The molecule has 0 aliphatic carbocycles. The lowest BCUT2D eigenvalue weighted by atomic mass is 10.2. The predicted molar refractivity (Wildman–Crippen MR) is 99.3 cm³/mol. The number of halogens is 2. The van der Waals surface area contributed by atoms with Crippen molar-refractivity contribution in [1.29, 1.82) is 0 Å². The Morgan fingerprint density at radius 3 is 2.48 bits per heavy atom. The second-order valence-electron chi connectivity index (χ2n) is 4.97. The summed E-state index contributed by atoms with van der Waals surface area (Å²) in [7, 11) is 3.87. The van der Waals surface area contributed by atoms with Crippen LogP contribution in [0.5, 0.6) is 5.75 Å². The molecule has 0 bridgehead atoms. The maximum atomic E-state index is 12.0. The minimum absolute atomic E-state index is 0.0570. The standard InChI is InChI=1S/C16H15Br2N3O2/c1-21(2)13-5-3-10(4-6-13)16(23)20-19-9-11-7-12(17)8-14(18)15(11)22/h3-9,22H,1-2H3,(H,20,23)/b19-9-. The van der Waals surface area contributed by atoms with Crippen molar-refractivity contribution in [3.63, 3.8) is 0 Å². The highest BCUT2D eigenvalue weighted by molar-refractivity contribution is 9.11. The zero-order valence-corrected chi connectivity index (χ0v) is 15.7. The molecule has 1 amide bonds. The van der Waals surface area contributed by atoms with Gasteiger partial charge in [-0.2, -0.15) is 5.10 Å². The minimum atomic E-state index is -0.319. The van der Waals surface area contributed by atoms with Crippen molar-refractivity contribution in [2.45, 2.75) is 0 Å². The highest BCUT2D eigenvalue weighted by atomic mass is 79.9. The summed E-state index contributed by atoms with van der Waals surface area (Å²) in [5.74, 6) is -0.262. The Labute approximate surface area is 151 Å². The molecule has 0 radical (unpaired) electrons. The topological polar surface area (TPSA) is 64.9 Å². The van der Waals surface area contributed by atoms with Crippen molar-refractivity contribution in [2.24, 2.45) is 5.10 Å². The van der Waals surface area contributed by atoms with Crippen LogP contribution in [0.1, 0.15) is 15.9 Å². The Kier molecular flexibility index (Phi) is 5.79. The predicted octanol–water partition coefficient (Wildman–Crippen LogP) is 3.75. The van der Waals surface area contributed by atoms with Crippen molar-refractivity contribution in [1.82, 2.24) is 5.43 Å². The van der Waals surface area contributed by atoms with Crippen molar-refractivity contribution >= 4 is 49.7 Å². The van der Waals surface area contributed by atoms with Gasteiger partial charge in [-0.1, -0.05) is 15.9 Å². The van der Waals surface area contributed by atoms with Gasteiger partial charge >= 0.3 is 0 Å². The van der Waals surface area contributed by atoms with E-state index < -0.39 is 0 Å². The summed E-state index contributed by atoms with van der Waals surface area (Å²) in [5, 5.41) is 13.8. The van der Waals surface area contributed by atoms with Gasteiger partial charge in [0.25, 0.3) is 5.91 Å². The molecule has 0 aromatic heterocycles. The van der Waals surface area contributed by atoms with Crippen LogP contribution in [0.2, 0.25) is 0 Å². The third-order valence-electron chi connectivity index (χ3n) is 3.07. The maximum absolute atomic E-state index is 12.0. The van der Waals surface area contributed by atoms with Gasteiger partial charge in [0, 0.05) is 35.4 Å². The number of amides is 1. The number of aromatic hydroxyl groups is 1. The van der Waals surface area contributed by atoms with Crippen LogP contribution in [0.15, 0.2) is 50.4 Å². The molecule has 0 heterocycles. The fourth-order valence-electron chi connectivity index (χ4n) is 1.82.